The molecule has 1 heterocycles. The molecule has 0 aromatic carbocycles. The number of piperazine rings is 1. The van der Waals surface area contributed by atoms with E-state index in [1.165, 1.54) is 0 Å². The molecule has 2 atom stereocenters. The van der Waals surface area contributed by atoms with Gasteiger partial charge in [0.15, 0.2) is 0 Å². The molecule has 1 rings (SSSR count). The Bertz CT molecular complexity index is 333. The molecule has 0 saturated carbocycles. The van der Waals surface area contributed by atoms with Crippen LogP contribution in [-0.4, -0.2) is 76.3 Å². The second-order valence-corrected chi connectivity index (χ2v) is 7.02. The van der Waals surface area contributed by atoms with Crippen LogP contribution in [0.4, 0.5) is 0 Å². The van der Waals surface area contributed by atoms with Gasteiger partial charge in [0.25, 0.3) is 0 Å². The fourth-order valence-corrected chi connectivity index (χ4v) is 2.77. The normalized spacial score (nSPS) is 26.0. The van der Waals surface area contributed by atoms with Gasteiger partial charge in [-0.15, -0.1) is 0 Å². The topological polar surface area (TPSA) is 78.7 Å². The molecule has 0 aromatic rings. The first-order valence-corrected chi connectivity index (χ1v) is 7.48. The lowest BCUT2D eigenvalue weighted by Crippen LogP contribution is -2.55. The van der Waals surface area contributed by atoms with Crippen LogP contribution in [0.3, 0.4) is 0 Å². The summed E-state index contributed by atoms with van der Waals surface area (Å²) in [6.45, 7) is 5.10. The first kappa shape index (κ1) is 14.8. The van der Waals surface area contributed by atoms with E-state index in [0.29, 0.717) is 6.54 Å². The van der Waals surface area contributed by atoms with E-state index in [4.69, 9.17) is 5.73 Å². The molecule has 1 saturated heterocycles. The van der Waals surface area contributed by atoms with E-state index in [1.807, 2.05) is 7.05 Å². The minimum Gasteiger partial charge on any atom is -0.329 e. The predicted octanol–water partition coefficient (Wildman–Crippen LogP) is -1.50. The fourth-order valence-electron chi connectivity index (χ4n) is 1.80. The number of nitrogens with one attached hydrogen (secondary N) is 1. The van der Waals surface area contributed by atoms with Gasteiger partial charge < -0.3 is 10.6 Å². The summed E-state index contributed by atoms with van der Waals surface area (Å²) in [4.78, 5) is 4.40. The van der Waals surface area contributed by atoms with Gasteiger partial charge in [-0.3, -0.25) is 4.90 Å². The van der Waals surface area contributed by atoms with Gasteiger partial charge in [-0.2, -0.15) is 0 Å². The third-order valence-electron chi connectivity index (χ3n) is 3.36. The Balaban J connectivity index is 2.49. The molecule has 0 aliphatic carbocycles. The molecule has 1 aliphatic heterocycles. The third-order valence-corrected chi connectivity index (χ3v) is 5.18. The summed E-state index contributed by atoms with van der Waals surface area (Å²) in [5, 5.41) is -0.533. The van der Waals surface area contributed by atoms with Crippen molar-refractivity contribution in [3.63, 3.8) is 0 Å². The molecule has 0 spiro atoms. The molecule has 2 unspecified atom stereocenters. The average molecular weight is 264 g/mol. The van der Waals surface area contributed by atoms with Gasteiger partial charge in [-0.25, -0.2) is 13.1 Å². The minimum absolute atomic E-state index is 0.149. The predicted molar refractivity (Wildman–Crippen MR) is 69.4 cm³/mol. The molecule has 17 heavy (non-hydrogen) atoms. The molecule has 7 heteroatoms. The maximum absolute atomic E-state index is 11.8. The maximum Gasteiger partial charge on any atom is 0.215 e. The van der Waals surface area contributed by atoms with Crippen molar-refractivity contribution < 1.29 is 8.42 Å². The van der Waals surface area contributed by atoms with Crippen LogP contribution in [0.15, 0.2) is 0 Å². The first-order chi connectivity index (χ1) is 7.86. The van der Waals surface area contributed by atoms with E-state index in [1.54, 1.807) is 6.92 Å². The molecule has 0 aromatic heterocycles. The van der Waals surface area contributed by atoms with Crippen molar-refractivity contribution in [3.8, 4) is 0 Å². The Hall–Kier alpha value is -0.210. The molecule has 1 fully saturated rings. The highest BCUT2D eigenvalue weighted by molar-refractivity contribution is 7.90. The van der Waals surface area contributed by atoms with Gasteiger partial charge in [0.1, 0.15) is 0 Å². The molecule has 6 nitrogen and oxygen atoms in total. The van der Waals surface area contributed by atoms with Crippen LogP contribution in [0.25, 0.3) is 0 Å². The largest absolute Gasteiger partial charge is 0.329 e. The van der Waals surface area contributed by atoms with Crippen LogP contribution in [0.1, 0.15) is 6.92 Å². The van der Waals surface area contributed by atoms with Gasteiger partial charge in [0.2, 0.25) is 10.0 Å². The Kier molecular flexibility index (Phi) is 5.33. The van der Waals surface area contributed by atoms with E-state index >= 15 is 0 Å². The zero-order valence-corrected chi connectivity index (χ0v) is 11.7. The summed E-state index contributed by atoms with van der Waals surface area (Å²) in [6.07, 6.45) is 0. The van der Waals surface area contributed by atoms with Crippen LogP contribution < -0.4 is 10.5 Å². The quantitative estimate of drug-likeness (QED) is 0.632. The SMILES string of the molecule is CC(CN)S(=O)(=O)NCC1CN(C)CCN1C. The van der Waals surface area contributed by atoms with Crippen molar-refractivity contribution >= 4 is 10.0 Å². The fraction of sp³-hybridized carbons (Fsp3) is 1.00. The molecule has 3 N–H and O–H groups in total. The standard InChI is InChI=1S/C10H24N4O2S/c1-9(6-11)17(15,16)12-7-10-8-13(2)4-5-14(10)3/h9-10,12H,4-8,11H2,1-3H3. The van der Waals surface area contributed by atoms with E-state index in [-0.39, 0.29) is 12.6 Å². The first-order valence-electron chi connectivity index (χ1n) is 5.94. The molecular formula is C10H24N4O2S. The van der Waals surface area contributed by atoms with E-state index in [9.17, 15) is 8.42 Å². The zero-order valence-electron chi connectivity index (χ0n) is 10.9. The van der Waals surface area contributed by atoms with Crippen LogP contribution in [0.2, 0.25) is 0 Å². The van der Waals surface area contributed by atoms with Crippen molar-refractivity contribution in [2.24, 2.45) is 5.73 Å². The Morgan fingerprint density at radius 2 is 2.06 bits per heavy atom. The van der Waals surface area contributed by atoms with Gasteiger partial charge in [0, 0.05) is 38.8 Å². The van der Waals surface area contributed by atoms with Crippen LogP contribution >= 0.6 is 0 Å². The summed E-state index contributed by atoms with van der Waals surface area (Å²) in [7, 11) is 0.808. The number of sulfonamides is 1. The molecular weight excluding hydrogens is 240 g/mol. The van der Waals surface area contributed by atoms with Crippen molar-refractivity contribution in [3.05, 3.63) is 0 Å². The highest BCUT2D eigenvalue weighted by Gasteiger charge is 2.25. The van der Waals surface area contributed by atoms with Crippen LogP contribution in [0, 0.1) is 0 Å². The van der Waals surface area contributed by atoms with Gasteiger partial charge >= 0.3 is 0 Å². The molecule has 0 amide bonds. The summed E-state index contributed by atoms with van der Waals surface area (Å²) in [6, 6.07) is 0.230. The van der Waals surface area contributed by atoms with Crippen LogP contribution in [0.5, 0.6) is 0 Å². The number of hydrogen-bond acceptors (Lipinski definition) is 5. The lowest BCUT2D eigenvalue weighted by molar-refractivity contribution is 0.117. The Morgan fingerprint density at radius 3 is 2.65 bits per heavy atom. The van der Waals surface area contributed by atoms with Gasteiger partial charge in [0.05, 0.1) is 5.25 Å². The lowest BCUT2D eigenvalue weighted by Gasteiger charge is -2.37. The summed E-state index contributed by atoms with van der Waals surface area (Å²) in [5.74, 6) is 0. The minimum atomic E-state index is -3.27. The van der Waals surface area contributed by atoms with E-state index in [0.717, 1.165) is 19.6 Å². The van der Waals surface area contributed by atoms with Crippen molar-refractivity contribution in [1.82, 2.24) is 14.5 Å². The van der Waals surface area contributed by atoms with E-state index < -0.39 is 15.3 Å². The molecule has 102 valence electrons. The summed E-state index contributed by atoms with van der Waals surface area (Å²) < 4.78 is 26.2. The van der Waals surface area contributed by atoms with Gasteiger partial charge in [-0.05, 0) is 21.0 Å². The zero-order chi connectivity index (χ0) is 13.1. The summed E-state index contributed by atoms with van der Waals surface area (Å²) >= 11 is 0. The van der Waals surface area contributed by atoms with Crippen molar-refractivity contribution in [2.75, 3.05) is 46.8 Å². The number of rotatable bonds is 5. The highest BCUT2D eigenvalue weighted by atomic mass is 32.2. The smallest absolute Gasteiger partial charge is 0.215 e. The summed E-state index contributed by atoms with van der Waals surface area (Å²) in [5.41, 5.74) is 5.38. The Morgan fingerprint density at radius 1 is 1.41 bits per heavy atom. The third kappa shape index (κ3) is 4.18. The van der Waals surface area contributed by atoms with Gasteiger partial charge in [-0.1, -0.05) is 0 Å². The second-order valence-electron chi connectivity index (χ2n) is 4.84. The van der Waals surface area contributed by atoms with Crippen molar-refractivity contribution in [2.45, 2.75) is 18.2 Å². The number of nitrogens with two attached hydrogens (primary N) is 1. The van der Waals surface area contributed by atoms with Crippen LogP contribution in [-0.2, 0) is 10.0 Å². The molecule has 0 bridgehead atoms. The maximum atomic E-state index is 11.8. The Labute approximate surface area is 104 Å². The second kappa shape index (κ2) is 6.10. The molecule has 0 radical (unpaired) electrons. The molecule has 1 aliphatic rings. The highest BCUT2D eigenvalue weighted by Crippen LogP contribution is 2.06. The monoisotopic (exact) mass is 264 g/mol. The number of nitrogens with zero attached hydrogens (tertiary/aromatic N) is 2. The number of hydrogen-bond donors (Lipinski definition) is 2. The van der Waals surface area contributed by atoms with Crippen molar-refractivity contribution in [1.29, 1.82) is 0 Å². The average Bonchev–Trinajstić information content (AvgIpc) is 2.29. The van der Waals surface area contributed by atoms with E-state index in [2.05, 4.69) is 21.6 Å². The lowest BCUT2D eigenvalue weighted by atomic mass is 10.2. The number of likely N-dealkylation sites (N-methyl/N-ethyl adjacent to an activating group) is 2.